The van der Waals surface area contributed by atoms with Crippen molar-refractivity contribution in [3.63, 3.8) is 0 Å². The van der Waals surface area contributed by atoms with Crippen molar-refractivity contribution < 1.29 is 12.6 Å². The zero-order valence-electron chi connectivity index (χ0n) is 10.4. The van der Waals surface area contributed by atoms with Gasteiger partial charge in [-0.15, -0.1) is 0 Å². The lowest BCUT2D eigenvalue weighted by Crippen LogP contribution is -2.08. The molecule has 1 aromatic carbocycles. The monoisotopic (exact) mass is 242 g/mol. The summed E-state index contributed by atoms with van der Waals surface area (Å²) in [6.07, 6.45) is 1.06. The molecule has 0 aromatic heterocycles. The normalized spacial score (nSPS) is 11.9. The SMILES string of the molecule is Cc1cc(C(C)C)cc(C)c1OS(C)(=O)=O. The summed E-state index contributed by atoms with van der Waals surface area (Å²) in [5, 5.41) is 0. The van der Waals surface area contributed by atoms with Crippen LogP contribution in [0, 0.1) is 13.8 Å². The van der Waals surface area contributed by atoms with E-state index in [0.29, 0.717) is 11.7 Å². The summed E-state index contributed by atoms with van der Waals surface area (Å²) in [5.74, 6) is 0.872. The van der Waals surface area contributed by atoms with Crippen LogP contribution in [0.5, 0.6) is 5.75 Å². The molecule has 0 aliphatic carbocycles. The van der Waals surface area contributed by atoms with Crippen molar-refractivity contribution in [1.29, 1.82) is 0 Å². The van der Waals surface area contributed by atoms with Crippen LogP contribution in [0.3, 0.4) is 0 Å². The molecule has 4 heteroatoms. The molecule has 1 aromatic rings. The zero-order valence-corrected chi connectivity index (χ0v) is 11.2. The maximum atomic E-state index is 11.1. The van der Waals surface area contributed by atoms with Gasteiger partial charge in [-0.2, -0.15) is 8.42 Å². The summed E-state index contributed by atoms with van der Waals surface area (Å²) in [4.78, 5) is 0. The first-order chi connectivity index (χ1) is 7.20. The molecule has 0 saturated heterocycles. The molecule has 0 spiro atoms. The third-order valence-corrected chi connectivity index (χ3v) is 2.85. The smallest absolute Gasteiger partial charge is 0.306 e. The Morgan fingerprint density at radius 1 is 1.12 bits per heavy atom. The maximum absolute atomic E-state index is 11.1. The first kappa shape index (κ1) is 13.0. The molecule has 90 valence electrons. The standard InChI is InChI=1S/C12H18O3S/c1-8(2)11-6-9(3)12(10(4)7-11)15-16(5,13)14/h6-8H,1-5H3. The Labute approximate surface area is 97.6 Å². The Morgan fingerprint density at radius 2 is 1.56 bits per heavy atom. The summed E-state index contributed by atoms with van der Waals surface area (Å²) in [6.45, 7) is 7.93. The van der Waals surface area contributed by atoms with Gasteiger partial charge >= 0.3 is 10.1 Å². The highest BCUT2D eigenvalue weighted by atomic mass is 32.2. The third kappa shape index (κ3) is 3.23. The van der Waals surface area contributed by atoms with Crippen LogP contribution in [0.2, 0.25) is 0 Å². The second kappa shape index (κ2) is 4.45. The van der Waals surface area contributed by atoms with Gasteiger partial charge in [0.1, 0.15) is 5.75 Å². The topological polar surface area (TPSA) is 43.4 Å². The molecule has 0 aliphatic rings. The molecule has 1 rings (SSSR count). The Bertz CT molecular complexity index is 464. The fourth-order valence-electron chi connectivity index (χ4n) is 1.60. The number of hydrogen-bond acceptors (Lipinski definition) is 3. The molecule has 0 aliphatic heterocycles. The zero-order chi connectivity index (χ0) is 12.5. The molecule has 0 fully saturated rings. The van der Waals surface area contributed by atoms with Gasteiger partial charge in [0.05, 0.1) is 6.26 Å². The van der Waals surface area contributed by atoms with Gasteiger partial charge in [0, 0.05) is 0 Å². The maximum Gasteiger partial charge on any atom is 0.306 e. The van der Waals surface area contributed by atoms with Gasteiger partial charge < -0.3 is 4.18 Å². The van der Waals surface area contributed by atoms with Crippen molar-refractivity contribution in [2.24, 2.45) is 0 Å². The minimum atomic E-state index is -3.46. The van der Waals surface area contributed by atoms with Crippen molar-refractivity contribution in [1.82, 2.24) is 0 Å². The lowest BCUT2D eigenvalue weighted by atomic mass is 9.98. The molecule has 0 saturated carbocycles. The summed E-state index contributed by atoms with van der Waals surface area (Å²) in [7, 11) is -3.46. The Kier molecular flexibility index (Phi) is 3.63. The second-order valence-corrected chi connectivity index (χ2v) is 6.00. The quantitative estimate of drug-likeness (QED) is 0.765. The van der Waals surface area contributed by atoms with E-state index in [-0.39, 0.29) is 0 Å². The first-order valence-corrected chi connectivity index (χ1v) is 7.03. The first-order valence-electron chi connectivity index (χ1n) is 5.21. The van der Waals surface area contributed by atoms with Gasteiger partial charge in [-0.05, 0) is 36.5 Å². The van der Waals surface area contributed by atoms with Gasteiger partial charge in [0.15, 0.2) is 0 Å². The van der Waals surface area contributed by atoms with E-state index < -0.39 is 10.1 Å². The predicted molar refractivity (Wildman–Crippen MR) is 65.5 cm³/mol. The molecule has 0 atom stereocenters. The van der Waals surface area contributed by atoms with E-state index in [4.69, 9.17) is 4.18 Å². The summed E-state index contributed by atoms with van der Waals surface area (Å²) >= 11 is 0. The number of benzene rings is 1. The van der Waals surface area contributed by atoms with E-state index in [2.05, 4.69) is 13.8 Å². The molecule has 0 N–H and O–H groups in total. The summed E-state index contributed by atoms with van der Waals surface area (Å²) in [6, 6.07) is 3.94. The number of aryl methyl sites for hydroxylation is 2. The van der Waals surface area contributed by atoms with E-state index in [1.807, 2.05) is 26.0 Å². The van der Waals surface area contributed by atoms with Crippen molar-refractivity contribution in [3.8, 4) is 5.75 Å². The summed E-state index contributed by atoms with van der Waals surface area (Å²) < 4.78 is 27.2. The van der Waals surface area contributed by atoms with Crippen LogP contribution < -0.4 is 4.18 Å². The lowest BCUT2D eigenvalue weighted by Gasteiger charge is -2.13. The largest absolute Gasteiger partial charge is 0.382 e. The van der Waals surface area contributed by atoms with E-state index in [9.17, 15) is 8.42 Å². The average molecular weight is 242 g/mol. The number of hydrogen-bond donors (Lipinski definition) is 0. The second-order valence-electron chi connectivity index (χ2n) is 4.43. The van der Waals surface area contributed by atoms with Gasteiger partial charge in [-0.1, -0.05) is 26.0 Å². The highest BCUT2D eigenvalue weighted by Gasteiger charge is 2.12. The van der Waals surface area contributed by atoms with Crippen LogP contribution in [0.1, 0.15) is 36.5 Å². The third-order valence-electron chi connectivity index (χ3n) is 2.38. The van der Waals surface area contributed by atoms with Gasteiger partial charge in [-0.3, -0.25) is 0 Å². The van der Waals surface area contributed by atoms with Crippen molar-refractivity contribution >= 4 is 10.1 Å². The highest BCUT2D eigenvalue weighted by Crippen LogP contribution is 2.28. The van der Waals surface area contributed by atoms with E-state index in [1.54, 1.807) is 0 Å². The predicted octanol–water partition coefficient (Wildman–Crippen LogP) is 2.77. The fourth-order valence-corrected chi connectivity index (χ4v) is 2.17. The Balaban J connectivity index is 3.23. The van der Waals surface area contributed by atoms with Crippen molar-refractivity contribution in [2.75, 3.05) is 6.26 Å². The molecule has 0 radical (unpaired) electrons. The van der Waals surface area contributed by atoms with Crippen LogP contribution in [-0.2, 0) is 10.1 Å². The van der Waals surface area contributed by atoms with Crippen LogP contribution in [-0.4, -0.2) is 14.7 Å². The fraction of sp³-hybridized carbons (Fsp3) is 0.500. The van der Waals surface area contributed by atoms with Crippen LogP contribution in [0.25, 0.3) is 0 Å². The summed E-state index contributed by atoms with van der Waals surface area (Å²) in [5.41, 5.74) is 2.90. The highest BCUT2D eigenvalue weighted by molar-refractivity contribution is 7.86. The minimum Gasteiger partial charge on any atom is -0.382 e. The minimum absolute atomic E-state index is 0.421. The molecule has 0 amide bonds. The van der Waals surface area contributed by atoms with Gasteiger partial charge in [0.2, 0.25) is 0 Å². The van der Waals surface area contributed by atoms with Gasteiger partial charge in [0.25, 0.3) is 0 Å². The Morgan fingerprint density at radius 3 is 1.88 bits per heavy atom. The Hall–Kier alpha value is -1.03. The molecule has 0 heterocycles. The van der Waals surface area contributed by atoms with Crippen LogP contribution in [0.15, 0.2) is 12.1 Å². The van der Waals surface area contributed by atoms with Crippen LogP contribution in [0.4, 0.5) is 0 Å². The van der Waals surface area contributed by atoms with Gasteiger partial charge in [-0.25, -0.2) is 0 Å². The number of rotatable bonds is 3. The molecular weight excluding hydrogens is 224 g/mol. The van der Waals surface area contributed by atoms with Crippen molar-refractivity contribution in [2.45, 2.75) is 33.6 Å². The van der Waals surface area contributed by atoms with Crippen molar-refractivity contribution in [3.05, 3.63) is 28.8 Å². The molecule has 3 nitrogen and oxygen atoms in total. The van der Waals surface area contributed by atoms with Crippen LogP contribution >= 0.6 is 0 Å². The molecular formula is C12H18O3S. The van der Waals surface area contributed by atoms with E-state index >= 15 is 0 Å². The van der Waals surface area contributed by atoms with E-state index in [0.717, 1.165) is 17.4 Å². The lowest BCUT2D eigenvalue weighted by molar-refractivity contribution is 0.489. The average Bonchev–Trinajstić information content (AvgIpc) is 2.09. The molecule has 0 bridgehead atoms. The molecule has 0 unspecified atom stereocenters. The molecule has 16 heavy (non-hydrogen) atoms. The van der Waals surface area contributed by atoms with E-state index in [1.165, 1.54) is 5.56 Å².